The average molecular weight is 583 g/mol. The molecule has 1 aliphatic heterocycles. The van der Waals surface area contributed by atoms with Crippen molar-refractivity contribution in [3.8, 4) is 5.75 Å². The number of esters is 1. The number of thioether (sulfide) groups is 1. The molecule has 2 amide bonds. The van der Waals surface area contributed by atoms with Gasteiger partial charge in [0.05, 0.1) is 18.0 Å². The molecule has 0 spiro atoms. The number of benzene rings is 3. The van der Waals surface area contributed by atoms with Crippen LogP contribution in [0, 0.1) is 0 Å². The summed E-state index contributed by atoms with van der Waals surface area (Å²) in [5.41, 5.74) is 2.29. The first-order valence-corrected chi connectivity index (χ1v) is 14.1. The number of fused-ring (bicyclic) bond motifs is 1. The topological polar surface area (TPSA) is 85.4 Å². The Labute approximate surface area is 243 Å². The lowest BCUT2D eigenvalue weighted by molar-refractivity contribution is -0.154. The third kappa shape index (κ3) is 7.08. The van der Waals surface area contributed by atoms with E-state index >= 15 is 0 Å². The van der Waals surface area contributed by atoms with E-state index in [0.717, 1.165) is 16.0 Å². The van der Waals surface area contributed by atoms with E-state index in [-0.39, 0.29) is 32.0 Å². The van der Waals surface area contributed by atoms with Crippen LogP contribution in [0.15, 0.2) is 77.7 Å². The number of carbonyl (C=O) groups is 3. The fourth-order valence-electron chi connectivity index (χ4n) is 4.18. The standard InChI is InChI=1S/C30H31ClN2O6S/c1-4-26(34)39-27-28(21-10-13-23(37-3)14-11-21)40-25-18-22(31)12-15-24(25)33(29(27)35)17-16-32(2)30(36)38-19-20-8-6-5-7-9-20/h5-15,18,27-28H,4,16-17,19H2,1-3H3. The third-order valence-corrected chi connectivity index (χ3v) is 8.01. The molecule has 4 rings (SSSR count). The van der Waals surface area contributed by atoms with E-state index in [1.165, 1.54) is 16.7 Å². The van der Waals surface area contributed by atoms with Gasteiger partial charge in [-0.15, -0.1) is 11.8 Å². The van der Waals surface area contributed by atoms with Crippen molar-refractivity contribution in [2.24, 2.45) is 0 Å². The van der Waals surface area contributed by atoms with Crippen molar-refractivity contribution in [1.82, 2.24) is 4.90 Å². The summed E-state index contributed by atoms with van der Waals surface area (Å²) in [5.74, 6) is -0.201. The second-order valence-corrected chi connectivity index (χ2v) is 10.8. The fourth-order valence-corrected chi connectivity index (χ4v) is 5.77. The molecule has 8 nitrogen and oxygen atoms in total. The summed E-state index contributed by atoms with van der Waals surface area (Å²) in [6.45, 7) is 2.17. The molecule has 40 heavy (non-hydrogen) atoms. The summed E-state index contributed by atoms with van der Waals surface area (Å²) in [5, 5.41) is -0.0255. The van der Waals surface area contributed by atoms with E-state index in [2.05, 4.69) is 0 Å². The number of amides is 2. The van der Waals surface area contributed by atoms with Gasteiger partial charge in [0.15, 0.2) is 6.10 Å². The summed E-state index contributed by atoms with van der Waals surface area (Å²) in [7, 11) is 3.19. The summed E-state index contributed by atoms with van der Waals surface area (Å²) in [6.07, 6.45) is -1.49. The molecular weight excluding hydrogens is 552 g/mol. The van der Waals surface area contributed by atoms with Crippen molar-refractivity contribution in [3.63, 3.8) is 0 Å². The van der Waals surface area contributed by atoms with Crippen LogP contribution in [0.4, 0.5) is 10.5 Å². The van der Waals surface area contributed by atoms with Crippen LogP contribution in [0.5, 0.6) is 5.75 Å². The van der Waals surface area contributed by atoms with E-state index in [4.69, 9.17) is 25.8 Å². The Morgan fingerprint density at radius 2 is 1.77 bits per heavy atom. The minimum absolute atomic E-state index is 0.124. The van der Waals surface area contributed by atoms with Crippen LogP contribution in [0.25, 0.3) is 0 Å². The van der Waals surface area contributed by atoms with Crippen molar-refractivity contribution in [2.45, 2.75) is 36.2 Å². The van der Waals surface area contributed by atoms with Gasteiger partial charge in [-0.1, -0.05) is 61.0 Å². The monoisotopic (exact) mass is 582 g/mol. The van der Waals surface area contributed by atoms with Gasteiger partial charge in [0, 0.05) is 36.5 Å². The molecular formula is C30H31ClN2O6S. The molecule has 2 atom stereocenters. The highest BCUT2D eigenvalue weighted by atomic mass is 35.5. The van der Waals surface area contributed by atoms with Gasteiger partial charge in [-0.05, 0) is 41.5 Å². The van der Waals surface area contributed by atoms with Gasteiger partial charge in [-0.25, -0.2) is 4.79 Å². The first-order valence-electron chi connectivity index (χ1n) is 12.8. The first kappa shape index (κ1) is 29.3. The predicted molar refractivity (Wildman–Crippen MR) is 155 cm³/mol. The Kier molecular flexibility index (Phi) is 9.95. The average Bonchev–Trinajstić information content (AvgIpc) is 3.08. The first-order chi connectivity index (χ1) is 19.3. The molecule has 2 unspecified atom stereocenters. The van der Waals surface area contributed by atoms with E-state index in [1.54, 1.807) is 56.3 Å². The van der Waals surface area contributed by atoms with E-state index < -0.39 is 23.4 Å². The lowest BCUT2D eigenvalue weighted by Crippen LogP contribution is -2.46. The zero-order valence-corrected chi connectivity index (χ0v) is 24.1. The Hall–Kier alpha value is -3.69. The van der Waals surface area contributed by atoms with Gasteiger partial charge >= 0.3 is 12.1 Å². The molecule has 10 heteroatoms. The van der Waals surface area contributed by atoms with Crippen LogP contribution in [0.1, 0.15) is 29.7 Å². The van der Waals surface area contributed by atoms with E-state index in [0.29, 0.717) is 16.5 Å². The van der Waals surface area contributed by atoms with Crippen LogP contribution in [-0.2, 0) is 25.7 Å². The minimum atomic E-state index is -1.10. The summed E-state index contributed by atoms with van der Waals surface area (Å²) in [6, 6.07) is 22.0. The highest BCUT2D eigenvalue weighted by molar-refractivity contribution is 7.99. The second kappa shape index (κ2) is 13.6. The van der Waals surface area contributed by atoms with Crippen LogP contribution in [-0.4, -0.2) is 56.2 Å². The molecule has 0 saturated carbocycles. The molecule has 0 aromatic heterocycles. The van der Waals surface area contributed by atoms with Crippen LogP contribution in [0.2, 0.25) is 5.02 Å². The SMILES string of the molecule is CCC(=O)OC1C(=O)N(CCN(C)C(=O)OCc2ccccc2)c2ccc(Cl)cc2SC1c1ccc(OC)cc1. The summed E-state index contributed by atoms with van der Waals surface area (Å²) < 4.78 is 16.5. The Morgan fingerprint density at radius 1 is 1.05 bits per heavy atom. The molecule has 210 valence electrons. The van der Waals surface area contributed by atoms with Crippen LogP contribution in [0.3, 0.4) is 0 Å². The van der Waals surface area contributed by atoms with Gasteiger partial charge < -0.3 is 24.0 Å². The molecule has 0 aliphatic carbocycles. The molecule has 3 aromatic rings. The van der Waals surface area contributed by atoms with Gasteiger partial charge in [0.25, 0.3) is 5.91 Å². The fraction of sp³-hybridized carbons (Fsp3) is 0.300. The second-order valence-electron chi connectivity index (χ2n) is 9.14. The maximum Gasteiger partial charge on any atom is 0.409 e. The number of hydrogen-bond donors (Lipinski definition) is 0. The molecule has 1 aliphatic rings. The zero-order chi connectivity index (χ0) is 28.6. The number of likely N-dealkylation sites (N-methyl/N-ethyl adjacent to an activating group) is 1. The smallest absolute Gasteiger partial charge is 0.409 e. The molecule has 0 bridgehead atoms. The van der Waals surface area contributed by atoms with Crippen molar-refractivity contribution in [2.75, 3.05) is 32.1 Å². The Balaban J connectivity index is 1.60. The highest BCUT2D eigenvalue weighted by Crippen LogP contribution is 2.47. The number of methoxy groups -OCH3 is 1. The molecule has 3 aromatic carbocycles. The summed E-state index contributed by atoms with van der Waals surface area (Å²) in [4.78, 5) is 43.0. The molecule has 1 heterocycles. The van der Waals surface area contributed by atoms with Crippen LogP contribution >= 0.6 is 23.4 Å². The maximum absolute atomic E-state index is 14.1. The van der Waals surface area contributed by atoms with Crippen molar-refractivity contribution < 1.29 is 28.6 Å². The lowest BCUT2D eigenvalue weighted by atomic mass is 10.1. The number of ether oxygens (including phenoxy) is 3. The van der Waals surface area contributed by atoms with Crippen molar-refractivity contribution >= 4 is 47.0 Å². The number of hydrogen-bond acceptors (Lipinski definition) is 7. The molecule has 0 N–H and O–H groups in total. The van der Waals surface area contributed by atoms with E-state index in [9.17, 15) is 14.4 Å². The van der Waals surface area contributed by atoms with Gasteiger partial charge in [0.1, 0.15) is 12.4 Å². The van der Waals surface area contributed by atoms with Crippen molar-refractivity contribution in [1.29, 1.82) is 0 Å². The molecule has 0 fully saturated rings. The number of halogens is 1. The van der Waals surface area contributed by atoms with Crippen LogP contribution < -0.4 is 9.64 Å². The summed E-state index contributed by atoms with van der Waals surface area (Å²) >= 11 is 7.76. The number of rotatable bonds is 9. The number of nitrogens with zero attached hydrogens (tertiary/aromatic N) is 2. The van der Waals surface area contributed by atoms with E-state index in [1.807, 2.05) is 42.5 Å². The van der Waals surface area contributed by atoms with Gasteiger partial charge in [-0.2, -0.15) is 0 Å². The zero-order valence-electron chi connectivity index (χ0n) is 22.5. The number of anilines is 1. The molecule has 0 radical (unpaired) electrons. The maximum atomic E-state index is 14.1. The lowest BCUT2D eigenvalue weighted by Gasteiger charge is -2.29. The number of carbonyl (C=O) groups excluding carboxylic acids is 3. The van der Waals surface area contributed by atoms with Gasteiger partial charge in [0.2, 0.25) is 0 Å². The Morgan fingerprint density at radius 3 is 2.45 bits per heavy atom. The predicted octanol–water partition coefficient (Wildman–Crippen LogP) is 6.12. The normalized spacial score (nSPS) is 16.5. The quantitative estimate of drug-likeness (QED) is 0.281. The largest absolute Gasteiger partial charge is 0.497 e. The minimum Gasteiger partial charge on any atom is -0.497 e. The Bertz CT molecular complexity index is 1340. The van der Waals surface area contributed by atoms with Gasteiger partial charge in [-0.3, -0.25) is 9.59 Å². The third-order valence-electron chi connectivity index (χ3n) is 6.42. The molecule has 0 saturated heterocycles. The van der Waals surface area contributed by atoms with Crippen molar-refractivity contribution in [3.05, 3.63) is 88.9 Å². The highest BCUT2D eigenvalue weighted by Gasteiger charge is 2.41.